The van der Waals surface area contributed by atoms with E-state index in [0.29, 0.717) is 0 Å². The molecule has 2 aliphatic rings. The number of hydrogen-bond donors (Lipinski definition) is 5. The molecule has 0 saturated carbocycles. The van der Waals surface area contributed by atoms with Gasteiger partial charge in [-0.1, -0.05) is 48.5 Å². The lowest BCUT2D eigenvalue weighted by Crippen LogP contribution is -2.63. The molecule has 1 heterocycles. The second-order valence-corrected chi connectivity index (χ2v) is 8.39. The van der Waals surface area contributed by atoms with Gasteiger partial charge in [0.05, 0.1) is 6.61 Å². The molecule has 11 heteroatoms. The number of aliphatic carboxylic acids is 1. The van der Waals surface area contributed by atoms with Crippen LogP contribution in [0.3, 0.4) is 0 Å². The van der Waals surface area contributed by atoms with Crippen molar-refractivity contribution in [1.82, 2.24) is 10.4 Å². The first-order chi connectivity index (χ1) is 16.8. The van der Waals surface area contributed by atoms with E-state index < -0.39 is 42.7 Å². The number of alkyl carbamates (subject to hydrolysis) is 1. The van der Waals surface area contributed by atoms with E-state index in [2.05, 4.69) is 5.32 Å². The number of benzene rings is 2. The van der Waals surface area contributed by atoms with Crippen LogP contribution < -0.4 is 5.32 Å². The fourth-order valence-corrected chi connectivity index (χ4v) is 4.43. The molecule has 35 heavy (non-hydrogen) atoms. The molecule has 1 aliphatic heterocycles. The highest BCUT2D eigenvalue weighted by molar-refractivity contribution is 5.79. The molecule has 5 atom stereocenters. The highest BCUT2D eigenvalue weighted by Crippen LogP contribution is 2.44. The van der Waals surface area contributed by atoms with E-state index in [0.717, 1.165) is 27.3 Å². The molecule has 11 nitrogen and oxygen atoms in total. The van der Waals surface area contributed by atoms with Crippen molar-refractivity contribution in [3.63, 3.8) is 0 Å². The number of carbonyl (C=O) groups excluding carboxylic acids is 1. The van der Waals surface area contributed by atoms with E-state index in [-0.39, 0.29) is 25.7 Å². The van der Waals surface area contributed by atoms with Crippen LogP contribution in [-0.2, 0) is 19.1 Å². The lowest BCUT2D eigenvalue weighted by atomic mass is 9.98. The van der Waals surface area contributed by atoms with E-state index in [4.69, 9.17) is 19.4 Å². The molecule has 1 amide bonds. The number of aliphatic hydroxyl groups excluding tert-OH is 3. The second kappa shape index (κ2) is 10.7. The van der Waals surface area contributed by atoms with Gasteiger partial charge < -0.3 is 35.2 Å². The van der Waals surface area contributed by atoms with Gasteiger partial charge in [-0.05, 0) is 22.3 Å². The number of carboxylic acid groups (broad SMARTS) is 1. The molecule has 1 aliphatic carbocycles. The number of nitrogens with one attached hydrogen (secondary N) is 1. The van der Waals surface area contributed by atoms with Crippen molar-refractivity contribution < 1.29 is 44.3 Å². The summed E-state index contributed by atoms with van der Waals surface area (Å²) in [5.74, 6) is -1.55. The van der Waals surface area contributed by atoms with Crippen molar-refractivity contribution >= 4 is 12.1 Å². The number of hydrogen-bond acceptors (Lipinski definition) is 9. The summed E-state index contributed by atoms with van der Waals surface area (Å²) >= 11 is 0. The van der Waals surface area contributed by atoms with Gasteiger partial charge in [0, 0.05) is 19.5 Å². The van der Waals surface area contributed by atoms with Gasteiger partial charge in [-0.15, -0.1) is 0 Å². The normalized spacial score (nSPS) is 25.7. The second-order valence-electron chi connectivity index (χ2n) is 8.39. The Labute approximate surface area is 201 Å². The smallest absolute Gasteiger partial charge is 0.407 e. The minimum absolute atomic E-state index is 0.0519. The van der Waals surface area contributed by atoms with E-state index in [1.54, 1.807) is 0 Å². The maximum Gasteiger partial charge on any atom is 0.407 e. The van der Waals surface area contributed by atoms with Gasteiger partial charge in [0.1, 0.15) is 24.9 Å². The topological polar surface area (TPSA) is 158 Å². The molecule has 1 saturated heterocycles. The van der Waals surface area contributed by atoms with Crippen molar-refractivity contribution in [2.75, 3.05) is 26.8 Å². The van der Waals surface area contributed by atoms with Gasteiger partial charge in [0.15, 0.2) is 12.3 Å². The Kier molecular flexibility index (Phi) is 7.65. The summed E-state index contributed by atoms with van der Waals surface area (Å²) in [6, 6.07) is 16.0. The Balaban J connectivity index is 1.24. The van der Waals surface area contributed by atoms with Gasteiger partial charge in [0.25, 0.3) is 0 Å². The number of aliphatic hydroxyl groups is 3. The molecular formula is C24H28N2O9. The minimum Gasteiger partial charge on any atom is -0.479 e. The average molecular weight is 488 g/mol. The Hall–Kier alpha value is -3.06. The zero-order valence-electron chi connectivity index (χ0n) is 19.0. The van der Waals surface area contributed by atoms with Crippen LogP contribution in [0.15, 0.2) is 48.5 Å². The van der Waals surface area contributed by atoms with Crippen molar-refractivity contribution in [1.29, 1.82) is 0 Å². The van der Waals surface area contributed by atoms with E-state index in [9.17, 15) is 24.9 Å². The first-order valence-electron chi connectivity index (χ1n) is 11.2. The van der Waals surface area contributed by atoms with Crippen LogP contribution >= 0.6 is 0 Å². The molecule has 2 aromatic rings. The van der Waals surface area contributed by atoms with Gasteiger partial charge in [-0.25, -0.2) is 9.59 Å². The Morgan fingerprint density at radius 2 is 1.57 bits per heavy atom. The number of likely N-dealkylation sites (N-methyl/N-ethyl adjacent to an activating group) is 1. The summed E-state index contributed by atoms with van der Waals surface area (Å²) in [5.41, 5.74) is 4.46. The molecular weight excluding hydrogens is 460 g/mol. The van der Waals surface area contributed by atoms with Crippen LogP contribution in [0.1, 0.15) is 17.0 Å². The van der Waals surface area contributed by atoms with Gasteiger partial charge in [0.2, 0.25) is 0 Å². The molecule has 188 valence electrons. The molecule has 0 aromatic heterocycles. The zero-order valence-corrected chi connectivity index (χ0v) is 19.0. The zero-order chi connectivity index (χ0) is 25.1. The number of carboxylic acids is 1. The first kappa shape index (κ1) is 25.0. The predicted octanol–water partition coefficient (Wildman–Crippen LogP) is 0.281. The van der Waals surface area contributed by atoms with Crippen molar-refractivity contribution in [2.24, 2.45) is 0 Å². The molecule has 1 fully saturated rings. The first-order valence-corrected chi connectivity index (χ1v) is 11.2. The maximum atomic E-state index is 12.2. The molecule has 5 N–H and O–H groups in total. The third kappa shape index (κ3) is 5.15. The van der Waals surface area contributed by atoms with E-state index >= 15 is 0 Å². The van der Waals surface area contributed by atoms with Crippen LogP contribution in [0.5, 0.6) is 0 Å². The third-order valence-electron chi connectivity index (χ3n) is 6.20. The Morgan fingerprint density at radius 1 is 0.971 bits per heavy atom. The summed E-state index contributed by atoms with van der Waals surface area (Å²) in [7, 11) is 1.37. The number of fused-ring (bicyclic) bond motifs is 3. The monoisotopic (exact) mass is 488 g/mol. The van der Waals surface area contributed by atoms with Crippen molar-refractivity contribution in [2.45, 2.75) is 36.6 Å². The molecule has 2 aromatic carbocycles. The molecule has 2 unspecified atom stereocenters. The fourth-order valence-electron chi connectivity index (χ4n) is 4.43. The van der Waals surface area contributed by atoms with Gasteiger partial charge in [-0.2, -0.15) is 5.06 Å². The largest absolute Gasteiger partial charge is 0.479 e. The molecule has 0 radical (unpaired) electrons. The van der Waals surface area contributed by atoms with Crippen LogP contribution in [0.25, 0.3) is 11.1 Å². The van der Waals surface area contributed by atoms with Gasteiger partial charge in [-0.3, -0.25) is 4.84 Å². The van der Waals surface area contributed by atoms with Crippen LogP contribution in [0, 0.1) is 0 Å². The summed E-state index contributed by atoms with van der Waals surface area (Å²) in [5, 5.41) is 42.5. The van der Waals surface area contributed by atoms with Crippen molar-refractivity contribution in [3.8, 4) is 11.1 Å². The Bertz CT molecular complexity index is 1020. The predicted molar refractivity (Wildman–Crippen MR) is 121 cm³/mol. The average Bonchev–Trinajstić information content (AvgIpc) is 3.17. The standard InChI is InChI=1S/C24H28N2O9/c1-26(22-20(29)18(27)19(28)21(35-22)23(30)31)34-11-10-25-24(32)33-12-17-15-8-4-2-6-13(15)14-7-3-5-9-16(14)17/h2-9,17-22,27-29H,10-12H2,1H3,(H,25,32)(H,30,31)/t18?,19-,20-,21?,22+/m0/s1. The minimum atomic E-state index is -1.79. The molecule has 0 spiro atoms. The van der Waals surface area contributed by atoms with Crippen LogP contribution in [0.2, 0.25) is 0 Å². The van der Waals surface area contributed by atoms with E-state index in [1.165, 1.54) is 7.05 Å². The third-order valence-corrected chi connectivity index (χ3v) is 6.20. The summed E-state index contributed by atoms with van der Waals surface area (Å²) in [4.78, 5) is 28.8. The summed E-state index contributed by atoms with van der Waals surface area (Å²) < 4.78 is 10.6. The Morgan fingerprint density at radius 3 is 2.17 bits per heavy atom. The lowest BCUT2D eigenvalue weighted by Gasteiger charge is -2.41. The number of nitrogens with zero attached hydrogens (tertiary/aromatic N) is 1. The lowest BCUT2D eigenvalue weighted by molar-refractivity contribution is -0.320. The quantitative estimate of drug-likeness (QED) is 0.258. The SMILES string of the molecule is CN(OCCNC(=O)OCC1c2ccccc2-c2ccccc21)[C@@H]1OC(C(=O)O)[C@@H](O)C(O)[C@@H]1O. The van der Waals surface area contributed by atoms with E-state index in [1.807, 2.05) is 48.5 Å². The fraction of sp³-hybridized carbons (Fsp3) is 0.417. The molecule has 0 bridgehead atoms. The maximum absolute atomic E-state index is 12.2. The number of amides is 1. The number of carbonyl (C=O) groups is 2. The summed E-state index contributed by atoms with van der Waals surface area (Å²) in [6.45, 7) is 0.167. The molecule has 4 rings (SSSR count). The van der Waals surface area contributed by atoms with Crippen LogP contribution in [-0.4, -0.2) is 95.0 Å². The highest BCUT2D eigenvalue weighted by Gasteiger charge is 2.48. The van der Waals surface area contributed by atoms with Crippen LogP contribution in [0.4, 0.5) is 4.79 Å². The number of ether oxygens (including phenoxy) is 2. The number of rotatable bonds is 8. The summed E-state index contributed by atoms with van der Waals surface area (Å²) in [6.07, 6.45) is -8.84. The number of hydroxylamine groups is 2. The van der Waals surface area contributed by atoms with Gasteiger partial charge >= 0.3 is 12.1 Å². The highest BCUT2D eigenvalue weighted by atomic mass is 16.7. The van der Waals surface area contributed by atoms with Crippen molar-refractivity contribution in [3.05, 3.63) is 59.7 Å².